The van der Waals surface area contributed by atoms with Crippen LogP contribution in [-0.4, -0.2) is 58.4 Å². The molecule has 7 nitrogen and oxygen atoms in total. The first-order valence-electron chi connectivity index (χ1n) is 12.8. The van der Waals surface area contributed by atoms with Crippen LogP contribution >= 0.6 is 0 Å². The summed E-state index contributed by atoms with van der Waals surface area (Å²) >= 11 is 0. The fourth-order valence-corrected chi connectivity index (χ4v) is 5.75. The zero-order valence-corrected chi connectivity index (χ0v) is 20.5. The van der Waals surface area contributed by atoms with E-state index in [0.717, 1.165) is 31.4 Å². The zero-order chi connectivity index (χ0) is 26.1. The molecule has 198 valence electrons. The third kappa shape index (κ3) is 5.38. The van der Waals surface area contributed by atoms with Crippen molar-refractivity contribution < 1.29 is 32.7 Å². The Morgan fingerprint density at radius 2 is 1.89 bits per heavy atom. The second-order valence-corrected chi connectivity index (χ2v) is 10.3. The molecule has 1 saturated carbocycles. The Morgan fingerprint density at radius 3 is 2.56 bits per heavy atom. The molecule has 0 bridgehead atoms. The molecule has 0 spiro atoms. The van der Waals surface area contributed by atoms with Gasteiger partial charge < -0.3 is 15.3 Å². The van der Waals surface area contributed by atoms with Gasteiger partial charge in [-0.2, -0.15) is 13.2 Å². The van der Waals surface area contributed by atoms with E-state index in [1.807, 2.05) is 0 Å². The SMILES string of the molecule is CCCCCN1C(=O)NC2CC(C(=O)N3CCC(O)(c4cccc(C(F)(F)F)c4)CC3)CCC2C1=O. The van der Waals surface area contributed by atoms with E-state index in [4.69, 9.17) is 0 Å². The van der Waals surface area contributed by atoms with E-state index in [-0.39, 0.29) is 61.2 Å². The van der Waals surface area contributed by atoms with Crippen LogP contribution in [0.5, 0.6) is 0 Å². The van der Waals surface area contributed by atoms with Gasteiger partial charge in [0, 0.05) is 31.6 Å². The van der Waals surface area contributed by atoms with Gasteiger partial charge in [0.15, 0.2) is 0 Å². The first-order chi connectivity index (χ1) is 17.0. The van der Waals surface area contributed by atoms with E-state index in [9.17, 15) is 32.7 Å². The molecular weight excluding hydrogens is 475 g/mol. The van der Waals surface area contributed by atoms with Crippen LogP contribution in [0.15, 0.2) is 24.3 Å². The molecule has 0 aromatic heterocycles. The number of piperidine rings is 1. The lowest BCUT2D eigenvalue weighted by molar-refractivity contribution is -0.145. The van der Waals surface area contributed by atoms with E-state index >= 15 is 0 Å². The Labute approximate surface area is 209 Å². The van der Waals surface area contributed by atoms with Crippen LogP contribution in [-0.2, 0) is 21.4 Å². The molecule has 2 heterocycles. The lowest BCUT2D eigenvalue weighted by Gasteiger charge is -2.44. The Kier molecular flexibility index (Phi) is 7.64. The molecule has 3 fully saturated rings. The van der Waals surface area contributed by atoms with E-state index in [1.165, 1.54) is 17.0 Å². The Balaban J connectivity index is 1.34. The van der Waals surface area contributed by atoms with Crippen molar-refractivity contribution in [3.05, 3.63) is 35.4 Å². The number of benzene rings is 1. The van der Waals surface area contributed by atoms with Crippen LogP contribution in [0.2, 0.25) is 0 Å². The number of unbranched alkanes of at least 4 members (excludes halogenated alkanes) is 2. The fraction of sp³-hybridized carbons (Fsp3) is 0.654. The minimum atomic E-state index is -4.50. The van der Waals surface area contributed by atoms with E-state index in [0.29, 0.717) is 25.8 Å². The number of nitrogens with zero attached hydrogens (tertiary/aromatic N) is 2. The van der Waals surface area contributed by atoms with Gasteiger partial charge in [0.1, 0.15) is 0 Å². The van der Waals surface area contributed by atoms with Crippen molar-refractivity contribution >= 4 is 17.8 Å². The number of alkyl halides is 3. The molecule has 3 aliphatic rings. The summed E-state index contributed by atoms with van der Waals surface area (Å²) < 4.78 is 39.3. The van der Waals surface area contributed by atoms with Gasteiger partial charge in [0.2, 0.25) is 11.8 Å². The number of imide groups is 1. The number of nitrogens with one attached hydrogen (secondary N) is 1. The molecule has 2 N–H and O–H groups in total. The molecule has 1 aromatic rings. The number of amides is 4. The van der Waals surface area contributed by atoms with Gasteiger partial charge in [0.05, 0.1) is 17.1 Å². The second kappa shape index (κ2) is 10.4. The topological polar surface area (TPSA) is 90.0 Å². The maximum absolute atomic E-state index is 13.3. The van der Waals surface area contributed by atoms with Crippen molar-refractivity contribution in [3.8, 4) is 0 Å². The lowest BCUT2D eigenvalue weighted by Crippen LogP contribution is -2.62. The zero-order valence-electron chi connectivity index (χ0n) is 20.5. The van der Waals surface area contributed by atoms with Gasteiger partial charge in [-0.05, 0) is 56.2 Å². The Hall–Kier alpha value is -2.62. The summed E-state index contributed by atoms with van der Waals surface area (Å²) in [5, 5.41) is 14.0. The van der Waals surface area contributed by atoms with Crippen LogP contribution in [0.4, 0.5) is 18.0 Å². The van der Waals surface area contributed by atoms with Gasteiger partial charge >= 0.3 is 12.2 Å². The number of likely N-dealkylation sites (tertiary alicyclic amines) is 1. The van der Waals surface area contributed by atoms with Crippen molar-refractivity contribution in [1.29, 1.82) is 0 Å². The molecule has 3 unspecified atom stereocenters. The van der Waals surface area contributed by atoms with Crippen molar-refractivity contribution in [2.45, 2.75) is 76.1 Å². The smallest absolute Gasteiger partial charge is 0.385 e. The third-order valence-corrected chi connectivity index (χ3v) is 7.95. The van der Waals surface area contributed by atoms with Crippen molar-refractivity contribution in [3.63, 3.8) is 0 Å². The summed E-state index contributed by atoms with van der Waals surface area (Å²) in [5.41, 5.74) is -2.03. The van der Waals surface area contributed by atoms with Gasteiger partial charge in [-0.1, -0.05) is 31.9 Å². The van der Waals surface area contributed by atoms with E-state index in [1.54, 1.807) is 4.90 Å². The monoisotopic (exact) mass is 509 g/mol. The number of fused-ring (bicyclic) bond motifs is 1. The first kappa shape index (κ1) is 26.4. The average Bonchev–Trinajstić information content (AvgIpc) is 2.85. The Bertz CT molecular complexity index is 991. The van der Waals surface area contributed by atoms with Crippen LogP contribution in [0, 0.1) is 11.8 Å². The van der Waals surface area contributed by atoms with Crippen LogP contribution in [0.3, 0.4) is 0 Å². The number of carbonyl (C=O) groups is 3. The number of aliphatic hydroxyl groups is 1. The van der Waals surface area contributed by atoms with Crippen molar-refractivity contribution in [1.82, 2.24) is 15.1 Å². The number of hydrogen-bond donors (Lipinski definition) is 2. The summed E-state index contributed by atoms with van der Waals surface area (Å²) in [7, 11) is 0. The minimum Gasteiger partial charge on any atom is -0.385 e. The summed E-state index contributed by atoms with van der Waals surface area (Å²) in [6, 6.07) is 3.96. The molecular formula is C26H34F3N3O4. The summed E-state index contributed by atoms with van der Waals surface area (Å²) in [6.07, 6.45) is -0.0565. The number of halogens is 3. The fourth-order valence-electron chi connectivity index (χ4n) is 5.75. The molecule has 10 heteroatoms. The second-order valence-electron chi connectivity index (χ2n) is 10.3. The highest BCUT2D eigenvalue weighted by atomic mass is 19.4. The molecule has 4 amide bonds. The maximum Gasteiger partial charge on any atom is 0.416 e. The predicted octanol–water partition coefficient (Wildman–Crippen LogP) is 4.04. The highest BCUT2D eigenvalue weighted by Gasteiger charge is 2.46. The molecule has 0 radical (unpaired) electrons. The van der Waals surface area contributed by atoms with E-state index in [2.05, 4.69) is 12.2 Å². The van der Waals surface area contributed by atoms with Crippen LogP contribution < -0.4 is 5.32 Å². The standard InChI is InChI=1S/C26H34F3N3O4/c1-2-3-4-12-32-23(34)20-9-8-17(15-21(20)30-24(32)35)22(33)31-13-10-25(36,11-14-31)18-6-5-7-19(16-18)26(27,28)29/h5-7,16-17,20-21,36H,2-4,8-15H2,1H3,(H,30,35). The normalized spacial score (nSPS) is 26.4. The highest BCUT2D eigenvalue weighted by molar-refractivity contribution is 5.99. The molecule has 2 aliphatic heterocycles. The Morgan fingerprint density at radius 1 is 1.17 bits per heavy atom. The minimum absolute atomic E-state index is 0.0911. The summed E-state index contributed by atoms with van der Waals surface area (Å²) in [4.78, 5) is 41.6. The van der Waals surface area contributed by atoms with Crippen molar-refractivity contribution in [2.75, 3.05) is 19.6 Å². The van der Waals surface area contributed by atoms with E-state index < -0.39 is 23.4 Å². The lowest BCUT2D eigenvalue weighted by atomic mass is 9.75. The molecule has 2 saturated heterocycles. The predicted molar refractivity (Wildman–Crippen MR) is 126 cm³/mol. The molecule has 4 rings (SSSR count). The van der Waals surface area contributed by atoms with Gasteiger partial charge in [0.25, 0.3) is 0 Å². The largest absolute Gasteiger partial charge is 0.416 e. The number of rotatable bonds is 6. The molecule has 1 aliphatic carbocycles. The van der Waals surface area contributed by atoms with Gasteiger partial charge in [-0.15, -0.1) is 0 Å². The maximum atomic E-state index is 13.3. The molecule has 1 aromatic carbocycles. The highest BCUT2D eigenvalue weighted by Crippen LogP contribution is 2.39. The van der Waals surface area contributed by atoms with Gasteiger partial charge in [-0.25, -0.2) is 4.79 Å². The van der Waals surface area contributed by atoms with Gasteiger partial charge in [-0.3, -0.25) is 14.5 Å². The molecule has 36 heavy (non-hydrogen) atoms. The average molecular weight is 510 g/mol. The number of carbonyl (C=O) groups excluding carboxylic acids is 3. The third-order valence-electron chi connectivity index (χ3n) is 7.95. The van der Waals surface area contributed by atoms with Crippen LogP contribution in [0.1, 0.15) is 69.4 Å². The quantitative estimate of drug-likeness (QED) is 0.567. The summed E-state index contributed by atoms with van der Waals surface area (Å²) in [5.74, 6) is -0.909. The first-order valence-corrected chi connectivity index (χ1v) is 12.8. The molecule has 3 atom stereocenters. The van der Waals surface area contributed by atoms with Crippen LogP contribution in [0.25, 0.3) is 0 Å². The number of hydrogen-bond acceptors (Lipinski definition) is 4. The summed E-state index contributed by atoms with van der Waals surface area (Å²) in [6.45, 7) is 2.92. The number of urea groups is 1. The van der Waals surface area contributed by atoms with Crippen molar-refractivity contribution in [2.24, 2.45) is 11.8 Å².